The molecule has 1 aliphatic heterocycles. The van der Waals surface area contributed by atoms with E-state index in [1.165, 1.54) is 30.3 Å². The Hall–Kier alpha value is -1.32. The molecule has 2 aromatic rings. The van der Waals surface area contributed by atoms with Crippen LogP contribution in [0.1, 0.15) is 45.1 Å². The molecule has 5 nitrogen and oxygen atoms in total. The van der Waals surface area contributed by atoms with Gasteiger partial charge in [0.25, 0.3) is 0 Å². The molecule has 0 amide bonds. The predicted molar refractivity (Wildman–Crippen MR) is 143 cm³/mol. The lowest BCUT2D eigenvalue weighted by atomic mass is 9.89. The van der Waals surface area contributed by atoms with Gasteiger partial charge in [-0.2, -0.15) is 0 Å². The Labute approximate surface area is 210 Å². The number of thioether (sulfide) groups is 2. The van der Waals surface area contributed by atoms with Crippen molar-refractivity contribution >= 4 is 52.8 Å². The molecule has 0 aliphatic carbocycles. The molecule has 1 unspecified atom stereocenters. The van der Waals surface area contributed by atoms with Crippen LogP contribution in [0.15, 0.2) is 52.3 Å². The highest BCUT2D eigenvalue weighted by molar-refractivity contribution is 8.00. The SMILES string of the molecule is CCCCC1(CC)CN(c2ccccc2)c2cc(SCCO)c(CSCC(=O)O)cc2SN1. The van der Waals surface area contributed by atoms with Crippen molar-refractivity contribution in [2.45, 2.75) is 60.6 Å². The van der Waals surface area contributed by atoms with E-state index in [1.807, 2.05) is 6.07 Å². The zero-order valence-electron chi connectivity index (χ0n) is 19.4. The van der Waals surface area contributed by atoms with Crippen molar-refractivity contribution in [2.75, 3.05) is 29.6 Å². The van der Waals surface area contributed by atoms with Crippen LogP contribution in [0, 0.1) is 0 Å². The molecule has 0 radical (unpaired) electrons. The molecule has 0 saturated carbocycles. The molecular formula is C25H34N2O3S3. The van der Waals surface area contributed by atoms with E-state index in [0.717, 1.165) is 40.4 Å². The third kappa shape index (κ3) is 7.09. The van der Waals surface area contributed by atoms with Crippen molar-refractivity contribution in [3.8, 4) is 0 Å². The molecule has 3 rings (SSSR count). The van der Waals surface area contributed by atoms with Gasteiger partial charge in [-0.1, -0.05) is 44.9 Å². The van der Waals surface area contributed by atoms with Crippen LogP contribution in [-0.4, -0.2) is 46.4 Å². The molecular weight excluding hydrogens is 472 g/mol. The van der Waals surface area contributed by atoms with Crippen LogP contribution in [0.2, 0.25) is 0 Å². The third-order valence-electron chi connectivity index (χ3n) is 5.86. The maximum Gasteiger partial charge on any atom is 0.313 e. The minimum atomic E-state index is -0.797. The van der Waals surface area contributed by atoms with E-state index in [2.05, 4.69) is 59.9 Å². The highest BCUT2D eigenvalue weighted by atomic mass is 32.2. The van der Waals surface area contributed by atoms with Crippen molar-refractivity contribution in [3.05, 3.63) is 48.0 Å². The number of benzene rings is 2. The van der Waals surface area contributed by atoms with Gasteiger partial charge in [0.15, 0.2) is 0 Å². The van der Waals surface area contributed by atoms with Crippen LogP contribution in [0.5, 0.6) is 0 Å². The average Bonchev–Trinajstić information content (AvgIpc) is 2.99. The van der Waals surface area contributed by atoms with Gasteiger partial charge < -0.3 is 15.1 Å². The molecule has 0 saturated heterocycles. The number of hydrogen-bond acceptors (Lipinski definition) is 7. The van der Waals surface area contributed by atoms with Gasteiger partial charge in [0.05, 0.1) is 18.0 Å². The number of carboxylic acids is 1. The smallest absolute Gasteiger partial charge is 0.313 e. The first-order chi connectivity index (χ1) is 16.0. The lowest BCUT2D eigenvalue weighted by molar-refractivity contribution is -0.133. The fourth-order valence-electron chi connectivity index (χ4n) is 3.96. The number of aliphatic carboxylic acids is 1. The Morgan fingerprint density at radius 1 is 1.24 bits per heavy atom. The van der Waals surface area contributed by atoms with Crippen molar-refractivity contribution in [3.63, 3.8) is 0 Å². The zero-order chi connectivity index (χ0) is 23.7. The Bertz CT molecular complexity index is 913. The second-order valence-corrected chi connectivity index (χ2v) is 11.2. The second kappa shape index (κ2) is 13.0. The molecule has 2 aromatic carbocycles. The van der Waals surface area contributed by atoms with E-state index in [4.69, 9.17) is 5.11 Å². The summed E-state index contributed by atoms with van der Waals surface area (Å²) in [5.41, 5.74) is 3.45. The number of nitrogens with zero attached hydrogens (tertiary/aromatic N) is 1. The molecule has 0 aromatic heterocycles. The van der Waals surface area contributed by atoms with Crippen LogP contribution < -0.4 is 9.62 Å². The molecule has 1 aliphatic rings. The summed E-state index contributed by atoms with van der Waals surface area (Å²) in [6.07, 6.45) is 4.48. The molecule has 3 N–H and O–H groups in total. The van der Waals surface area contributed by atoms with E-state index in [9.17, 15) is 9.90 Å². The van der Waals surface area contributed by atoms with E-state index in [0.29, 0.717) is 11.5 Å². The molecule has 1 atom stereocenters. The first kappa shape index (κ1) is 26.3. The molecule has 8 heteroatoms. The van der Waals surface area contributed by atoms with Gasteiger partial charge in [-0.15, -0.1) is 23.5 Å². The Morgan fingerprint density at radius 2 is 2.03 bits per heavy atom. The standard InChI is InChI=1S/C25H34N2O3S3/c1-3-5-11-25(4-2)18-27(20-9-7-6-8-10-20)21-15-22(32-13-12-28)19(14-23(21)33-26-25)16-31-17-24(29)30/h6-10,14-15,26,28H,3-5,11-13,16-18H2,1-2H3,(H,29,30). The van der Waals surface area contributed by atoms with Crippen molar-refractivity contribution < 1.29 is 15.0 Å². The molecule has 0 bridgehead atoms. The number of carboxylic acid groups (broad SMARTS) is 1. The number of unbranched alkanes of at least 4 members (excludes halogenated alkanes) is 1. The summed E-state index contributed by atoms with van der Waals surface area (Å²) >= 11 is 4.75. The lowest BCUT2D eigenvalue weighted by Gasteiger charge is -2.37. The van der Waals surface area contributed by atoms with Crippen molar-refractivity contribution in [1.82, 2.24) is 4.72 Å². The van der Waals surface area contributed by atoms with Crippen LogP contribution in [0.25, 0.3) is 0 Å². The quantitative estimate of drug-likeness (QED) is 0.233. The van der Waals surface area contributed by atoms with Crippen molar-refractivity contribution in [2.24, 2.45) is 0 Å². The minimum absolute atomic E-state index is 0.00777. The zero-order valence-corrected chi connectivity index (χ0v) is 21.8. The summed E-state index contributed by atoms with van der Waals surface area (Å²) in [4.78, 5) is 15.7. The summed E-state index contributed by atoms with van der Waals surface area (Å²) in [6, 6.07) is 15.0. The van der Waals surface area contributed by atoms with Gasteiger partial charge in [-0.05, 0) is 54.6 Å². The van der Waals surface area contributed by atoms with Gasteiger partial charge in [-0.25, -0.2) is 0 Å². The highest BCUT2D eigenvalue weighted by Gasteiger charge is 2.35. The second-order valence-electron chi connectivity index (χ2n) is 8.25. The number of para-hydroxylation sites is 1. The number of aliphatic hydroxyl groups is 1. The summed E-state index contributed by atoms with van der Waals surface area (Å²) < 4.78 is 3.83. The Balaban J connectivity index is 2.05. The van der Waals surface area contributed by atoms with E-state index in [1.54, 1.807) is 23.7 Å². The number of aliphatic hydroxyl groups excluding tert-OH is 1. The number of hydrogen-bond donors (Lipinski definition) is 3. The van der Waals surface area contributed by atoms with Gasteiger partial charge >= 0.3 is 5.97 Å². The number of nitrogens with one attached hydrogen (secondary N) is 1. The van der Waals surface area contributed by atoms with Crippen LogP contribution in [0.4, 0.5) is 11.4 Å². The van der Waals surface area contributed by atoms with Crippen LogP contribution in [-0.2, 0) is 10.5 Å². The first-order valence-electron chi connectivity index (χ1n) is 11.5. The van der Waals surface area contributed by atoms with E-state index >= 15 is 0 Å². The number of fused-ring (bicyclic) bond motifs is 1. The van der Waals surface area contributed by atoms with Gasteiger partial charge in [0.2, 0.25) is 0 Å². The molecule has 33 heavy (non-hydrogen) atoms. The normalized spacial score (nSPS) is 18.1. The summed E-state index contributed by atoms with van der Waals surface area (Å²) in [7, 11) is 0. The minimum Gasteiger partial charge on any atom is -0.481 e. The van der Waals surface area contributed by atoms with Crippen LogP contribution >= 0.6 is 35.5 Å². The number of carbonyl (C=O) groups is 1. The van der Waals surface area contributed by atoms with Gasteiger partial charge in [-0.3, -0.25) is 9.52 Å². The van der Waals surface area contributed by atoms with Crippen LogP contribution in [0.3, 0.4) is 0 Å². The van der Waals surface area contributed by atoms with Gasteiger partial charge in [0, 0.05) is 39.1 Å². The van der Waals surface area contributed by atoms with Crippen molar-refractivity contribution in [1.29, 1.82) is 0 Å². The average molecular weight is 507 g/mol. The fraction of sp³-hybridized carbons (Fsp3) is 0.480. The Morgan fingerprint density at radius 3 is 2.70 bits per heavy atom. The monoisotopic (exact) mass is 506 g/mol. The fourth-order valence-corrected chi connectivity index (χ4v) is 6.72. The first-order valence-corrected chi connectivity index (χ1v) is 14.4. The Kier molecular flexibility index (Phi) is 10.3. The van der Waals surface area contributed by atoms with E-state index in [-0.39, 0.29) is 17.9 Å². The summed E-state index contributed by atoms with van der Waals surface area (Å²) in [5, 5.41) is 18.5. The summed E-state index contributed by atoms with van der Waals surface area (Å²) in [6.45, 7) is 5.49. The summed E-state index contributed by atoms with van der Waals surface area (Å²) in [5.74, 6) is 0.531. The lowest BCUT2D eigenvalue weighted by Crippen LogP contribution is -2.48. The maximum atomic E-state index is 11.0. The maximum absolute atomic E-state index is 11.0. The molecule has 1 heterocycles. The van der Waals surface area contributed by atoms with Gasteiger partial charge in [0.1, 0.15) is 0 Å². The largest absolute Gasteiger partial charge is 0.481 e. The third-order valence-corrected chi connectivity index (χ3v) is 8.98. The van der Waals surface area contributed by atoms with E-state index < -0.39 is 5.97 Å². The number of anilines is 2. The highest BCUT2D eigenvalue weighted by Crippen LogP contribution is 2.44. The molecule has 0 spiro atoms. The number of rotatable bonds is 12. The molecule has 0 fully saturated rings. The topological polar surface area (TPSA) is 72.8 Å². The predicted octanol–water partition coefficient (Wildman–Crippen LogP) is 6.18. The molecule has 180 valence electrons.